The summed E-state index contributed by atoms with van der Waals surface area (Å²) in [6.07, 6.45) is 9.48. The molecular formula is C9H12N2. The van der Waals surface area contributed by atoms with Crippen LogP contribution in [0.25, 0.3) is 6.08 Å². The van der Waals surface area contributed by atoms with Crippen LogP contribution in [0.15, 0.2) is 18.5 Å². The first kappa shape index (κ1) is 6.65. The Hall–Kier alpha value is -1.05. The van der Waals surface area contributed by atoms with Gasteiger partial charge >= 0.3 is 0 Å². The van der Waals surface area contributed by atoms with E-state index in [1.165, 1.54) is 6.42 Å². The molecule has 0 spiro atoms. The summed E-state index contributed by atoms with van der Waals surface area (Å²) in [7, 11) is 0. The van der Waals surface area contributed by atoms with E-state index in [0.29, 0.717) is 5.92 Å². The Morgan fingerprint density at radius 1 is 1.73 bits per heavy atom. The maximum Gasteiger partial charge on any atom is 0.132 e. The summed E-state index contributed by atoms with van der Waals surface area (Å²) in [5, 5.41) is 0. The van der Waals surface area contributed by atoms with Gasteiger partial charge in [-0.25, -0.2) is 4.98 Å². The van der Waals surface area contributed by atoms with Gasteiger partial charge in [0.05, 0.1) is 0 Å². The summed E-state index contributed by atoms with van der Waals surface area (Å²) >= 11 is 0. The highest BCUT2D eigenvalue weighted by Gasteiger charge is 2.10. The molecule has 2 nitrogen and oxygen atoms in total. The topological polar surface area (TPSA) is 17.8 Å². The molecule has 0 saturated heterocycles. The van der Waals surface area contributed by atoms with Crippen LogP contribution in [0.3, 0.4) is 0 Å². The number of rotatable bonds is 1. The summed E-state index contributed by atoms with van der Waals surface area (Å²) in [4.78, 5) is 4.20. The predicted molar refractivity (Wildman–Crippen MR) is 45.0 cm³/mol. The van der Waals surface area contributed by atoms with Crippen molar-refractivity contribution in [3.63, 3.8) is 0 Å². The van der Waals surface area contributed by atoms with Gasteiger partial charge in [0.15, 0.2) is 0 Å². The Kier molecular flexibility index (Phi) is 1.53. The van der Waals surface area contributed by atoms with Crippen LogP contribution in [0.4, 0.5) is 0 Å². The van der Waals surface area contributed by atoms with E-state index < -0.39 is 0 Å². The molecule has 1 unspecified atom stereocenters. The van der Waals surface area contributed by atoms with E-state index in [1.807, 2.05) is 12.4 Å². The van der Waals surface area contributed by atoms with Crippen molar-refractivity contribution in [1.82, 2.24) is 9.55 Å². The van der Waals surface area contributed by atoms with Crippen molar-refractivity contribution in [2.24, 2.45) is 5.92 Å². The molecule has 0 aromatic carbocycles. The molecule has 2 rings (SSSR count). The third kappa shape index (κ3) is 1.09. The summed E-state index contributed by atoms with van der Waals surface area (Å²) in [6.45, 7) is 3.32. The normalized spacial score (nSPS) is 21.7. The molecule has 0 fully saturated rings. The third-order valence-electron chi connectivity index (χ3n) is 2.22. The van der Waals surface area contributed by atoms with Crippen molar-refractivity contribution < 1.29 is 0 Å². The number of allylic oxidation sites excluding steroid dienone is 1. The van der Waals surface area contributed by atoms with Crippen molar-refractivity contribution >= 4 is 6.08 Å². The highest BCUT2D eigenvalue weighted by atomic mass is 15.1. The Morgan fingerprint density at radius 2 is 2.64 bits per heavy atom. The first-order valence-corrected chi connectivity index (χ1v) is 4.09. The molecule has 0 N–H and O–H groups in total. The highest BCUT2D eigenvalue weighted by molar-refractivity contribution is 5.42. The van der Waals surface area contributed by atoms with Crippen molar-refractivity contribution in [1.29, 1.82) is 0 Å². The van der Waals surface area contributed by atoms with Gasteiger partial charge in [-0.3, -0.25) is 0 Å². The van der Waals surface area contributed by atoms with Crippen LogP contribution in [0, 0.1) is 5.92 Å². The lowest BCUT2D eigenvalue weighted by molar-refractivity contribution is 0.504. The van der Waals surface area contributed by atoms with E-state index >= 15 is 0 Å². The first-order valence-electron chi connectivity index (χ1n) is 4.09. The van der Waals surface area contributed by atoms with Gasteiger partial charge in [-0.1, -0.05) is 13.0 Å². The van der Waals surface area contributed by atoms with Crippen LogP contribution < -0.4 is 0 Å². The lowest BCUT2D eigenvalue weighted by Gasteiger charge is -2.16. The van der Waals surface area contributed by atoms with Gasteiger partial charge in [0.1, 0.15) is 5.82 Å². The lowest BCUT2D eigenvalue weighted by Crippen LogP contribution is -2.12. The second-order valence-corrected chi connectivity index (χ2v) is 2.97. The number of aromatic nitrogens is 2. The fraction of sp³-hybridized carbons (Fsp3) is 0.444. The van der Waals surface area contributed by atoms with Gasteiger partial charge in [-0.2, -0.15) is 0 Å². The van der Waals surface area contributed by atoms with Crippen LogP contribution in [0.2, 0.25) is 0 Å². The van der Waals surface area contributed by atoms with E-state index in [9.17, 15) is 0 Å². The maximum atomic E-state index is 4.20. The molecule has 2 heteroatoms. The Labute approximate surface area is 66.6 Å². The monoisotopic (exact) mass is 148 g/mol. The summed E-state index contributed by atoms with van der Waals surface area (Å²) in [5.41, 5.74) is 0. The minimum atomic E-state index is 0.705. The average Bonchev–Trinajstić information content (AvgIpc) is 2.50. The largest absolute Gasteiger partial charge is 0.331 e. The summed E-state index contributed by atoms with van der Waals surface area (Å²) in [6, 6.07) is 0. The zero-order valence-electron chi connectivity index (χ0n) is 6.70. The molecule has 0 aliphatic carbocycles. The van der Waals surface area contributed by atoms with Crippen molar-refractivity contribution in [3.8, 4) is 0 Å². The fourth-order valence-corrected chi connectivity index (χ4v) is 1.43. The van der Waals surface area contributed by atoms with Crippen molar-refractivity contribution in [2.75, 3.05) is 0 Å². The quantitative estimate of drug-likeness (QED) is 0.595. The summed E-state index contributed by atoms with van der Waals surface area (Å²) in [5.74, 6) is 1.80. The molecule has 1 atom stereocenters. The van der Waals surface area contributed by atoms with Gasteiger partial charge < -0.3 is 4.57 Å². The molecule has 11 heavy (non-hydrogen) atoms. The zero-order chi connectivity index (χ0) is 7.68. The molecule has 1 aromatic rings. The smallest absolute Gasteiger partial charge is 0.132 e. The molecule has 1 aromatic heterocycles. The van der Waals surface area contributed by atoms with E-state index in [1.54, 1.807) is 0 Å². The number of nitrogens with zero attached hydrogens (tertiary/aromatic N) is 2. The predicted octanol–water partition coefficient (Wildman–Crippen LogP) is 1.94. The Morgan fingerprint density at radius 3 is 3.45 bits per heavy atom. The van der Waals surface area contributed by atoms with Crippen LogP contribution in [-0.4, -0.2) is 9.55 Å². The van der Waals surface area contributed by atoms with Crippen LogP contribution in [-0.2, 0) is 6.54 Å². The molecule has 1 aliphatic rings. The molecule has 1 aliphatic heterocycles. The molecule has 0 saturated carbocycles. The van der Waals surface area contributed by atoms with Gasteiger partial charge in [0, 0.05) is 18.9 Å². The van der Waals surface area contributed by atoms with Crippen LogP contribution >= 0.6 is 0 Å². The van der Waals surface area contributed by atoms with E-state index in [0.717, 1.165) is 12.4 Å². The number of imidazole rings is 1. The number of fused-ring (bicyclic) bond motifs is 1. The maximum absolute atomic E-state index is 4.20. The van der Waals surface area contributed by atoms with E-state index in [-0.39, 0.29) is 0 Å². The lowest BCUT2D eigenvalue weighted by atomic mass is 10.0. The SMILES string of the molecule is CCC1C=Cc2nccn2C1. The van der Waals surface area contributed by atoms with Crippen LogP contribution in [0.1, 0.15) is 19.2 Å². The highest BCUT2D eigenvalue weighted by Crippen LogP contribution is 2.16. The zero-order valence-corrected chi connectivity index (χ0v) is 6.70. The second kappa shape index (κ2) is 2.53. The fourth-order valence-electron chi connectivity index (χ4n) is 1.43. The molecular weight excluding hydrogens is 136 g/mol. The average molecular weight is 148 g/mol. The Bertz CT molecular complexity index is 273. The van der Waals surface area contributed by atoms with Gasteiger partial charge in [0.2, 0.25) is 0 Å². The number of hydrogen-bond acceptors (Lipinski definition) is 1. The Balaban J connectivity index is 2.29. The van der Waals surface area contributed by atoms with Gasteiger partial charge in [-0.15, -0.1) is 0 Å². The van der Waals surface area contributed by atoms with E-state index in [4.69, 9.17) is 0 Å². The molecule has 0 bridgehead atoms. The number of hydrogen-bond donors (Lipinski definition) is 0. The summed E-state index contributed by atoms with van der Waals surface area (Å²) < 4.78 is 2.20. The van der Waals surface area contributed by atoms with Crippen molar-refractivity contribution in [3.05, 3.63) is 24.3 Å². The van der Waals surface area contributed by atoms with Gasteiger partial charge in [0.25, 0.3) is 0 Å². The van der Waals surface area contributed by atoms with Crippen LogP contribution in [0.5, 0.6) is 0 Å². The molecule has 0 amide bonds. The van der Waals surface area contributed by atoms with E-state index in [2.05, 4.69) is 28.6 Å². The van der Waals surface area contributed by atoms with Crippen molar-refractivity contribution in [2.45, 2.75) is 19.9 Å². The molecule has 0 radical (unpaired) electrons. The standard InChI is InChI=1S/C9H12N2/c1-2-8-3-4-9-10-5-6-11(9)7-8/h3-6,8H,2,7H2,1H3. The third-order valence-corrected chi connectivity index (χ3v) is 2.22. The minimum absolute atomic E-state index is 0.705. The van der Waals surface area contributed by atoms with Gasteiger partial charge in [-0.05, 0) is 18.4 Å². The first-order chi connectivity index (χ1) is 5.40. The second-order valence-electron chi connectivity index (χ2n) is 2.97. The molecule has 58 valence electrons. The molecule has 2 heterocycles. The minimum Gasteiger partial charge on any atom is -0.331 e.